The molecule has 0 aliphatic rings. The molecule has 0 aliphatic heterocycles. The second kappa shape index (κ2) is 5.40. The standard InChI is InChI=1S/C23H15NO2S2/c1-11(2)24-22(25)16-12-7-3-5-9-14(12)20-19-18(16)17(23(24)26)13-8-4-6-10-15(13)21(19)28-27-20/h3-11H,1-2H3. The van der Waals surface area contributed by atoms with Crippen LogP contribution in [0.25, 0.3) is 52.5 Å². The number of aromatic nitrogens is 1. The molecule has 0 spiro atoms. The molecule has 0 radical (unpaired) electrons. The lowest BCUT2D eigenvalue weighted by atomic mass is 9.92. The lowest BCUT2D eigenvalue weighted by Gasteiger charge is -2.16. The van der Waals surface area contributed by atoms with Gasteiger partial charge in [0.05, 0.1) is 20.2 Å². The van der Waals surface area contributed by atoms with E-state index < -0.39 is 0 Å². The Morgan fingerprint density at radius 2 is 1.07 bits per heavy atom. The van der Waals surface area contributed by atoms with E-state index in [2.05, 4.69) is 12.1 Å². The van der Waals surface area contributed by atoms with Gasteiger partial charge in [0, 0.05) is 27.6 Å². The number of pyridine rings is 1. The molecular weight excluding hydrogens is 386 g/mol. The maximum absolute atomic E-state index is 13.5. The summed E-state index contributed by atoms with van der Waals surface area (Å²) in [6, 6.07) is 16.0. The van der Waals surface area contributed by atoms with Gasteiger partial charge in [-0.3, -0.25) is 14.2 Å². The summed E-state index contributed by atoms with van der Waals surface area (Å²) in [5, 5.41) is 7.31. The van der Waals surface area contributed by atoms with Crippen molar-refractivity contribution in [3.63, 3.8) is 0 Å². The molecule has 2 heterocycles. The summed E-state index contributed by atoms with van der Waals surface area (Å²) in [6.45, 7) is 3.80. The minimum Gasteiger partial charge on any atom is -0.272 e. The molecule has 0 saturated heterocycles. The highest BCUT2D eigenvalue weighted by molar-refractivity contribution is 7.75. The summed E-state index contributed by atoms with van der Waals surface area (Å²) in [5.41, 5.74) is -0.364. The highest BCUT2D eigenvalue weighted by atomic mass is 32.9. The van der Waals surface area contributed by atoms with Crippen LogP contribution in [0.3, 0.4) is 0 Å². The molecule has 4 aromatic carbocycles. The van der Waals surface area contributed by atoms with E-state index in [0.29, 0.717) is 10.8 Å². The largest absolute Gasteiger partial charge is 0.272 e. The van der Waals surface area contributed by atoms with Crippen LogP contribution in [0.4, 0.5) is 0 Å². The van der Waals surface area contributed by atoms with Crippen molar-refractivity contribution in [2.24, 2.45) is 0 Å². The van der Waals surface area contributed by atoms with E-state index in [0.717, 1.165) is 32.3 Å². The fourth-order valence-electron chi connectivity index (χ4n) is 4.54. The number of benzene rings is 4. The molecule has 6 rings (SSSR count). The zero-order valence-electron chi connectivity index (χ0n) is 15.3. The van der Waals surface area contributed by atoms with Crippen molar-refractivity contribution < 1.29 is 0 Å². The molecule has 0 N–H and O–H groups in total. The molecular formula is C23H15NO2S2. The molecule has 0 bridgehead atoms. The smallest absolute Gasteiger partial charge is 0.262 e. The average Bonchev–Trinajstić information content (AvgIpc) is 3.14. The second-order valence-electron chi connectivity index (χ2n) is 7.49. The Balaban J connectivity index is 2.17. The third-order valence-corrected chi connectivity index (χ3v) is 8.19. The fourth-order valence-corrected chi connectivity index (χ4v) is 7.43. The Morgan fingerprint density at radius 1 is 0.643 bits per heavy atom. The molecule has 0 unspecified atom stereocenters. The predicted molar refractivity (Wildman–Crippen MR) is 122 cm³/mol. The Bertz CT molecular complexity index is 1570. The minimum atomic E-state index is -0.200. The van der Waals surface area contributed by atoms with Crippen molar-refractivity contribution in [1.82, 2.24) is 4.57 Å². The van der Waals surface area contributed by atoms with Crippen LogP contribution in [0, 0.1) is 0 Å². The highest BCUT2D eigenvalue weighted by Gasteiger charge is 2.24. The van der Waals surface area contributed by atoms with Gasteiger partial charge in [0.2, 0.25) is 0 Å². The van der Waals surface area contributed by atoms with E-state index in [1.165, 1.54) is 14.0 Å². The lowest BCUT2D eigenvalue weighted by Crippen LogP contribution is -2.34. The van der Waals surface area contributed by atoms with Crippen molar-refractivity contribution >= 4 is 73.2 Å². The Labute approximate surface area is 166 Å². The van der Waals surface area contributed by atoms with Crippen LogP contribution < -0.4 is 11.1 Å². The van der Waals surface area contributed by atoms with E-state index >= 15 is 0 Å². The topological polar surface area (TPSA) is 39.1 Å². The molecule has 136 valence electrons. The first-order chi connectivity index (χ1) is 13.6. The van der Waals surface area contributed by atoms with Crippen molar-refractivity contribution in [1.29, 1.82) is 0 Å². The first-order valence-corrected chi connectivity index (χ1v) is 11.4. The Hall–Kier alpha value is -2.76. The summed E-state index contributed by atoms with van der Waals surface area (Å²) in [5.74, 6) is 0. The maximum atomic E-state index is 13.5. The molecule has 2 aromatic heterocycles. The number of rotatable bonds is 1. The Kier molecular flexibility index (Phi) is 3.13. The first kappa shape index (κ1) is 16.2. The van der Waals surface area contributed by atoms with Crippen molar-refractivity contribution in [2.45, 2.75) is 19.9 Å². The lowest BCUT2D eigenvalue weighted by molar-refractivity contribution is 0.568. The van der Waals surface area contributed by atoms with Gasteiger partial charge in [0.25, 0.3) is 11.1 Å². The number of nitrogens with zero attached hydrogens (tertiary/aromatic N) is 1. The highest BCUT2D eigenvalue weighted by Crippen LogP contribution is 2.47. The molecule has 0 amide bonds. The van der Waals surface area contributed by atoms with Gasteiger partial charge in [-0.15, -0.1) is 0 Å². The van der Waals surface area contributed by atoms with Crippen LogP contribution in [0.2, 0.25) is 0 Å². The van der Waals surface area contributed by atoms with Gasteiger partial charge in [-0.2, -0.15) is 0 Å². The van der Waals surface area contributed by atoms with Crippen LogP contribution >= 0.6 is 20.7 Å². The molecule has 0 fully saturated rings. The molecule has 0 saturated carbocycles. The summed E-state index contributed by atoms with van der Waals surface area (Å²) < 4.78 is 3.76. The molecule has 0 aliphatic carbocycles. The second-order valence-corrected chi connectivity index (χ2v) is 9.64. The van der Waals surface area contributed by atoms with Crippen LogP contribution in [0.1, 0.15) is 19.9 Å². The van der Waals surface area contributed by atoms with Crippen molar-refractivity contribution in [3.05, 3.63) is 69.2 Å². The fraction of sp³-hybridized carbons (Fsp3) is 0.130. The van der Waals surface area contributed by atoms with Crippen LogP contribution in [-0.4, -0.2) is 4.57 Å². The van der Waals surface area contributed by atoms with Gasteiger partial charge >= 0.3 is 0 Å². The summed E-state index contributed by atoms with van der Waals surface area (Å²) in [6.07, 6.45) is 0. The summed E-state index contributed by atoms with van der Waals surface area (Å²) >= 11 is 0. The van der Waals surface area contributed by atoms with Gasteiger partial charge in [0.15, 0.2) is 0 Å². The third kappa shape index (κ3) is 1.79. The van der Waals surface area contributed by atoms with Crippen LogP contribution in [0.15, 0.2) is 58.1 Å². The normalized spacial score (nSPS) is 12.5. The first-order valence-electron chi connectivity index (χ1n) is 9.25. The summed E-state index contributed by atoms with van der Waals surface area (Å²) in [7, 11) is 3.47. The van der Waals surface area contributed by atoms with Crippen molar-refractivity contribution in [2.75, 3.05) is 0 Å². The van der Waals surface area contributed by atoms with E-state index in [4.69, 9.17) is 0 Å². The number of hydrogen-bond donors (Lipinski definition) is 0. The van der Waals surface area contributed by atoms with Crippen LogP contribution in [-0.2, 0) is 0 Å². The minimum absolute atomic E-state index is 0.182. The van der Waals surface area contributed by atoms with Gasteiger partial charge in [0.1, 0.15) is 0 Å². The summed E-state index contributed by atoms with van der Waals surface area (Å²) in [4.78, 5) is 27.1. The molecule has 6 aromatic rings. The zero-order chi connectivity index (χ0) is 19.2. The third-order valence-electron chi connectivity index (χ3n) is 5.68. The SMILES string of the molecule is CC(C)n1c(=O)c2c3ccccc3c3ssc4c5ccccc5c(c1=O)c2c34. The number of hydrogen-bond acceptors (Lipinski definition) is 4. The van der Waals surface area contributed by atoms with Gasteiger partial charge < -0.3 is 0 Å². The average molecular weight is 402 g/mol. The van der Waals surface area contributed by atoms with E-state index in [9.17, 15) is 9.59 Å². The predicted octanol–water partition coefficient (Wildman–Crippen LogP) is 6.12. The van der Waals surface area contributed by atoms with Crippen LogP contribution in [0.5, 0.6) is 0 Å². The van der Waals surface area contributed by atoms with Gasteiger partial charge in [-0.1, -0.05) is 69.2 Å². The van der Waals surface area contributed by atoms with E-state index in [1.807, 2.05) is 50.2 Å². The molecule has 28 heavy (non-hydrogen) atoms. The molecule has 5 heteroatoms. The van der Waals surface area contributed by atoms with Gasteiger partial charge in [-0.05, 0) is 24.6 Å². The quantitative estimate of drug-likeness (QED) is 0.189. The Morgan fingerprint density at radius 3 is 1.50 bits per heavy atom. The maximum Gasteiger partial charge on any atom is 0.262 e. The van der Waals surface area contributed by atoms with E-state index in [1.54, 1.807) is 20.7 Å². The molecule has 3 nitrogen and oxygen atoms in total. The van der Waals surface area contributed by atoms with Gasteiger partial charge in [-0.25, -0.2) is 0 Å². The monoisotopic (exact) mass is 401 g/mol. The van der Waals surface area contributed by atoms with Crippen molar-refractivity contribution in [3.8, 4) is 0 Å². The molecule has 0 atom stereocenters. The zero-order valence-corrected chi connectivity index (χ0v) is 16.9. The van der Waals surface area contributed by atoms with E-state index in [-0.39, 0.29) is 17.2 Å². The number of fused-ring (bicyclic) bond motifs is 6.